The Morgan fingerprint density at radius 3 is 2.44 bits per heavy atom. The van der Waals surface area contributed by atoms with Crippen LogP contribution in [0.5, 0.6) is 0 Å². The zero-order chi connectivity index (χ0) is 23.5. The Bertz CT molecular complexity index is 1010. The number of piperidine rings is 1. The maximum Gasteiger partial charge on any atom is 0.415 e. The first kappa shape index (κ1) is 22.8. The summed E-state index contributed by atoms with van der Waals surface area (Å²) in [5.74, 6) is 0.0700. The Hall–Kier alpha value is -2.93. The maximum atomic E-state index is 13.3. The molecule has 0 radical (unpaired) electrons. The summed E-state index contributed by atoms with van der Waals surface area (Å²) >= 11 is 0. The van der Waals surface area contributed by atoms with Crippen LogP contribution in [-0.2, 0) is 16.1 Å². The molecule has 3 aliphatic heterocycles. The quantitative estimate of drug-likeness (QED) is 0.670. The van der Waals surface area contributed by atoms with Crippen LogP contribution in [0, 0.1) is 11.7 Å². The Morgan fingerprint density at radius 2 is 1.71 bits per heavy atom. The molecule has 2 aromatic rings. The minimum atomic E-state index is -0.513. The molecule has 3 heterocycles. The lowest BCUT2D eigenvalue weighted by atomic mass is 9.94. The number of carbonyl (C=O) groups excluding carboxylic acids is 2. The van der Waals surface area contributed by atoms with Crippen molar-refractivity contribution in [1.29, 1.82) is 0 Å². The number of halogens is 1. The van der Waals surface area contributed by atoms with Gasteiger partial charge in [-0.25, -0.2) is 9.18 Å². The molecule has 2 amide bonds. The van der Waals surface area contributed by atoms with E-state index < -0.39 is 5.60 Å². The molecule has 34 heavy (non-hydrogen) atoms. The van der Waals surface area contributed by atoms with E-state index in [2.05, 4.69) is 4.90 Å². The van der Waals surface area contributed by atoms with Crippen LogP contribution >= 0.6 is 0 Å². The second kappa shape index (κ2) is 9.74. The lowest BCUT2D eigenvalue weighted by molar-refractivity contribution is -0.137. The van der Waals surface area contributed by atoms with Crippen molar-refractivity contribution in [1.82, 2.24) is 9.80 Å². The van der Waals surface area contributed by atoms with E-state index in [0.29, 0.717) is 19.5 Å². The molecule has 0 bridgehead atoms. The molecule has 5 rings (SSSR count). The van der Waals surface area contributed by atoms with Crippen LogP contribution in [0.25, 0.3) is 0 Å². The molecule has 0 N–H and O–H groups in total. The number of para-hydroxylation sites is 1. The molecule has 3 fully saturated rings. The van der Waals surface area contributed by atoms with Gasteiger partial charge in [-0.15, -0.1) is 0 Å². The predicted octanol–water partition coefficient (Wildman–Crippen LogP) is 4.45. The average molecular weight is 466 g/mol. The number of ether oxygens (including phenoxy) is 1. The first-order chi connectivity index (χ1) is 16.5. The van der Waals surface area contributed by atoms with Crippen LogP contribution in [0.4, 0.5) is 14.9 Å². The molecule has 2 aromatic carbocycles. The summed E-state index contributed by atoms with van der Waals surface area (Å²) in [6.07, 6.45) is 3.70. The number of amides is 2. The second-order valence-electron chi connectivity index (χ2n) is 9.83. The Morgan fingerprint density at radius 1 is 0.971 bits per heavy atom. The number of hydrogen-bond donors (Lipinski definition) is 0. The number of nitrogens with zero attached hydrogens (tertiary/aromatic N) is 3. The van der Waals surface area contributed by atoms with Crippen LogP contribution in [0.2, 0.25) is 0 Å². The number of benzene rings is 2. The Labute approximate surface area is 200 Å². The predicted molar refractivity (Wildman–Crippen MR) is 128 cm³/mol. The highest BCUT2D eigenvalue weighted by atomic mass is 19.1. The molecule has 3 aliphatic rings. The van der Waals surface area contributed by atoms with E-state index in [4.69, 9.17) is 4.74 Å². The SMILES string of the molecule is O=C(C1CCN(Cc2ccc(F)cc2)CC1)N1CCC[C@]2(CC1)CN(c1ccccc1)C(=O)O2. The van der Waals surface area contributed by atoms with Crippen molar-refractivity contribution in [3.05, 3.63) is 66.0 Å². The molecular weight excluding hydrogens is 433 g/mol. The van der Waals surface area contributed by atoms with Crippen molar-refractivity contribution in [3.8, 4) is 0 Å². The highest BCUT2D eigenvalue weighted by Gasteiger charge is 2.47. The Kier molecular flexibility index (Phi) is 6.55. The molecular formula is C27H32FN3O3. The van der Waals surface area contributed by atoms with Gasteiger partial charge in [0, 0.05) is 37.7 Å². The average Bonchev–Trinajstić information content (AvgIpc) is 3.05. The molecule has 0 saturated carbocycles. The van der Waals surface area contributed by atoms with E-state index in [1.165, 1.54) is 12.1 Å². The highest BCUT2D eigenvalue weighted by Crippen LogP contribution is 2.36. The number of anilines is 1. The lowest BCUT2D eigenvalue weighted by Gasteiger charge is -2.34. The summed E-state index contributed by atoms with van der Waals surface area (Å²) in [5, 5.41) is 0. The molecule has 3 saturated heterocycles. The minimum Gasteiger partial charge on any atom is -0.441 e. The topological polar surface area (TPSA) is 53.1 Å². The van der Waals surface area contributed by atoms with Gasteiger partial charge in [0.15, 0.2) is 0 Å². The molecule has 7 heteroatoms. The summed E-state index contributed by atoms with van der Waals surface area (Å²) in [6, 6.07) is 16.3. The van der Waals surface area contributed by atoms with Gasteiger partial charge in [-0.1, -0.05) is 30.3 Å². The molecule has 1 spiro atoms. The number of likely N-dealkylation sites (tertiary alicyclic amines) is 2. The van der Waals surface area contributed by atoms with Crippen molar-refractivity contribution in [2.45, 2.75) is 44.2 Å². The maximum absolute atomic E-state index is 13.3. The lowest BCUT2D eigenvalue weighted by Crippen LogP contribution is -2.43. The third-order valence-electron chi connectivity index (χ3n) is 7.50. The van der Waals surface area contributed by atoms with Crippen molar-refractivity contribution in [2.24, 2.45) is 5.92 Å². The largest absolute Gasteiger partial charge is 0.441 e. The van der Waals surface area contributed by atoms with Crippen LogP contribution in [0.15, 0.2) is 54.6 Å². The van der Waals surface area contributed by atoms with Gasteiger partial charge in [-0.3, -0.25) is 14.6 Å². The molecule has 180 valence electrons. The van der Waals surface area contributed by atoms with Crippen LogP contribution in [0.1, 0.15) is 37.7 Å². The number of carbonyl (C=O) groups is 2. The van der Waals surface area contributed by atoms with Gasteiger partial charge in [0.05, 0.1) is 6.54 Å². The highest BCUT2D eigenvalue weighted by molar-refractivity contribution is 5.90. The fourth-order valence-electron chi connectivity index (χ4n) is 5.52. The van der Waals surface area contributed by atoms with Crippen LogP contribution in [-0.4, -0.2) is 60.1 Å². The fourth-order valence-corrected chi connectivity index (χ4v) is 5.52. The normalized spacial score (nSPS) is 24.3. The van der Waals surface area contributed by atoms with Gasteiger partial charge in [-0.05, 0) is 68.6 Å². The summed E-state index contributed by atoms with van der Waals surface area (Å²) in [7, 11) is 0. The molecule has 0 unspecified atom stereocenters. The summed E-state index contributed by atoms with van der Waals surface area (Å²) < 4.78 is 19.0. The number of rotatable bonds is 4. The summed E-state index contributed by atoms with van der Waals surface area (Å²) in [5.41, 5.74) is 1.44. The second-order valence-corrected chi connectivity index (χ2v) is 9.83. The van der Waals surface area contributed by atoms with Gasteiger partial charge >= 0.3 is 6.09 Å². The summed E-state index contributed by atoms with van der Waals surface area (Å²) in [4.78, 5) is 32.0. The zero-order valence-corrected chi connectivity index (χ0v) is 19.5. The van der Waals surface area contributed by atoms with E-state index in [9.17, 15) is 14.0 Å². The van der Waals surface area contributed by atoms with E-state index in [1.54, 1.807) is 4.90 Å². The van der Waals surface area contributed by atoms with Crippen molar-refractivity contribution in [3.63, 3.8) is 0 Å². The van der Waals surface area contributed by atoms with Gasteiger partial charge in [0.1, 0.15) is 11.4 Å². The molecule has 1 atom stereocenters. The van der Waals surface area contributed by atoms with Crippen LogP contribution in [0.3, 0.4) is 0 Å². The van der Waals surface area contributed by atoms with Gasteiger partial charge in [0.2, 0.25) is 5.91 Å². The molecule has 0 aromatic heterocycles. The Balaban J connectivity index is 1.14. The van der Waals surface area contributed by atoms with Crippen molar-refractivity contribution >= 4 is 17.7 Å². The first-order valence-electron chi connectivity index (χ1n) is 12.3. The third-order valence-corrected chi connectivity index (χ3v) is 7.50. The zero-order valence-electron chi connectivity index (χ0n) is 19.5. The third kappa shape index (κ3) is 4.94. The first-order valence-corrected chi connectivity index (χ1v) is 12.3. The van der Waals surface area contributed by atoms with Crippen molar-refractivity contribution < 1.29 is 18.7 Å². The van der Waals surface area contributed by atoms with E-state index in [1.807, 2.05) is 47.4 Å². The number of hydrogen-bond acceptors (Lipinski definition) is 4. The van der Waals surface area contributed by atoms with E-state index in [-0.39, 0.29) is 23.7 Å². The summed E-state index contributed by atoms with van der Waals surface area (Å²) in [6.45, 7) is 4.42. The smallest absolute Gasteiger partial charge is 0.415 e. The van der Waals surface area contributed by atoms with Gasteiger partial charge in [0.25, 0.3) is 0 Å². The van der Waals surface area contributed by atoms with Gasteiger partial charge < -0.3 is 9.64 Å². The molecule has 6 nitrogen and oxygen atoms in total. The monoisotopic (exact) mass is 465 g/mol. The van der Waals surface area contributed by atoms with E-state index in [0.717, 1.165) is 63.1 Å². The standard InChI is InChI=1S/C27H32FN3O3/c28-23-9-7-21(8-10-23)19-29-16-11-22(12-17-29)25(32)30-15-4-13-27(14-18-30)20-31(26(33)34-27)24-5-2-1-3-6-24/h1-3,5-10,22H,4,11-20H2/t27-/m0/s1. The van der Waals surface area contributed by atoms with Gasteiger partial charge in [-0.2, -0.15) is 0 Å². The molecule has 0 aliphatic carbocycles. The minimum absolute atomic E-state index is 0.0467. The van der Waals surface area contributed by atoms with Crippen LogP contribution < -0.4 is 4.90 Å². The van der Waals surface area contributed by atoms with E-state index >= 15 is 0 Å². The fraction of sp³-hybridized carbons (Fsp3) is 0.481. The van der Waals surface area contributed by atoms with Crippen molar-refractivity contribution in [2.75, 3.05) is 37.6 Å².